The van der Waals surface area contributed by atoms with Gasteiger partial charge in [0.25, 0.3) is 0 Å². The number of rotatable bonds is 3. The molecule has 2 heterocycles. The van der Waals surface area contributed by atoms with Crippen molar-refractivity contribution in [3.63, 3.8) is 0 Å². The molecular formula is C12H15ClN2O3S2. The van der Waals surface area contributed by atoms with E-state index in [1.807, 2.05) is 6.07 Å². The van der Waals surface area contributed by atoms with E-state index in [1.54, 1.807) is 24.9 Å². The van der Waals surface area contributed by atoms with E-state index in [9.17, 15) is 14.7 Å². The highest BCUT2D eigenvalue weighted by molar-refractivity contribution is 7.99. The molecule has 1 unspecified atom stereocenters. The van der Waals surface area contributed by atoms with Gasteiger partial charge in [0.1, 0.15) is 6.04 Å². The molecule has 8 heteroatoms. The highest BCUT2D eigenvalue weighted by atomic mass is 35.5. The fourth-order valence-corrected chi connectivity index (χ4v) is 4.17. The van der Waals surface area contributed by atoms with Crippen molar-refractivity contribution >= 4 is 46.7 Å². The number of hydrogen-bond acceptors (Lipinski definition) is 4. The van der Waals surface area contributed by atoms with Gasteiger partial charge in [0.15, 0.2) is 0 Å². The van der Waals surface area contributed by atoms with Gasteiger partial charge in [-0.2, -0.15) is 11.8 Å². The minimum absolute atomic E-state index is 0.248. The fourth-order valence-electron chi connectivity index (χ4n) is 1.99. The van der Waals surface area contributed by atoms with Crippen LogP contribution in [0.2, 0.25) is 4.34 Å². The molecule has 0 aromatic carbocycles. The Bertz CT molecular complexity index is 509. The van der Waals surface area contributed by atoms with E-state index in [-0.39, 0.29) is 6.03 Å². The van der Waals surface area contributed by atoms with Crippen LogP contribution in [0.15, 0.2) is 12.1 Å². The number of halogens is 1. The molecular weight excluding hydrogens is 320 g/mol. The number of urea groups is 1. The van der Waals surface area contributed by atoms with E-state index >= 15 is 0 Å². The molecule has 2 rings (SSSR count). The van der Waals surface area contributed by atoms with Crippen LogP contribution in [0.3, 0.4) is 0 Å². The average Bonchev–Trinajstić information content (AvgIpc) is 2.83. The summed E-state index contributed by atoms with van der Waals surface area (Å²) in [7, 11) is 1.68. The van der Waals surface area contributed by atoms with Gasteiger partial charge in [-0.05, 0) is 12.1 Å². The lowest BCUT2D eigenvalue weighted by Gasteiger charge is -2.35. The van der Waals surface area contributed by atoms with Crippen LogP contribution in [0.4, 0.5) is 4.79 Å². The van der Waals surface area contributed by atoms with Crippen molar-refractivity contribution in [2.24, 2.45) is 0 Å². The predicted molar refractivity (Wildman–Crippen MR) is 81.6 cm³/mol. The Kier molecular flexibility index (Phi) is 5.17. The maximum absolute atomic E-state index is 12.4. The van der Waals surface area contributed by atoms with Crippen LogP contribution in [0.1, 0.15) is 4.88 Å². The Balaban J connectivity index is 2.02. The second kappa shape index (κ2) is 6.69. The molecule has 0 spiro atoms. The zero-order valence-corrected chi connectivity index (χ0v) is 13.3. The lowest BCUT2D eigenvalue weighted by atomic mass is 10.3. The van der Waals surface area contributed by atoms with Crippen LogP contribution >= 0.6 is 34.7 Å². The number of thioether (sulfide) groups is 1. The Hall–Kier alpha value is -0.920. The smallest absolute Gasteiger partial charge is 0.327 e. The van der Waals surface area contributed by atoms with Crippen molar-refractivity contribution in [3.8, 4) is 0 Å². The highest BCUT2D eigenvalue weighted by Gasteiger charge is 2.33. The topological polar surface area (TPSA) is 60.9 Å². The predicted octanol–water partition coefficient (Wildman–Crippen LogP) is 2.46. The van der Waals surface area contributed by atoms with E-state index in [1.165, 1.54) is 21.1 Å². The van der Waals surface area contributed by atoms with Crippen molar-refractivity contribution in [2.75, 3.05) is 25.1 Å². The van der Waals surface area contributed by atoms with Crippen LogP contribution < -0.4 is 0 Å². The number of aliphatic carboxylic acids is 1. The molecule has 1 aliphatic rings. The first-order chi connectivity index (χ1) is 9.49. The molecule has 1 atom stereocenters. The highest BCUT2D eigenvalue weighted by Crippen LogP contribution is 2.23. The molecule has 1 saturated heterocycles. The first-order valence-electron chi connectivity index (χ1n) is 6.05. The number of amides is 2. The third-order valence-electron chi connectivity index (χ3n) is 3.01. The molecule has 0 radical (unpaired) electrons. The van der Waals surface area contributed by atoms with E-state index in [4.69, 9.17) is 11.6 Å². The molecule has 110 valence electrons. The standard InChI is InChI=1S/C12H15ClN2O3S2/c1-14(6-8-2-3-10(13)20-8)12(18)15-4-5-19-7-9(15)11(16)17/h2-3,9H,4-7H2,1H3,(H,16,17). The molecule has 0 bridgehead atoms. The molecule has 5 nitrogen and oxygen atoms in total. The average molecular weight is 335 g/mol. The third-order valence-corrected chi connectivity index (χ3v) is 5.25. The molecule has 0 saturated carbocycles. The molecule has 1 N–H and O–H groups in total. The normalized spacial score (nSPS) is 18.9. The Morgan fingerprint density at radius 3 is 2.90 bits per heavy atom. The maximum Gasteiger partial charge on any atom is 0.327 e. The first-order valence-corrected chi connectivity index (χ1v) is 8.40. The van der Waals surface area contributed by atoms with Gasteiger partial charge in [0.05, 0.1) is 10.9 Å². The quantitative estimate of drug-likeness (QED) is 0.922. The zero-order chi connectivity index (χ0) is 14.7. The van der Waals surface area contributed by atoms with Crippen LogP contribution in [-0.4, -0.2) is 58.0 Å². The molecule has 2 amide bonds. The Labute approximate surface area is 130 Å². The largest absolute Gasteiger partial charge is 0.480 e. The van der Waals surface area contributed by atoms with Gasteiger partial charge < -0.3 is 14.9 Å². The first kappa shape index (κ1) is 15.5. The van der Waals surface area contributed by atoms with Gasteiger partial charge >= 0.3 is 12.0 Å². The van der Waals surface area contributed by atoms with E-state index in [0.29, 0.717) is 23.2 Å². The van der Waals surface area contributed by atoms with Gasteiger partial charge in [-0.3, -0.25) is 0 Å². The monoisotopic (exact) mass is 334 g/mol. The number of carbonyl (C=O) groups excluding carboxylic acids is 1. The summed E-state index contributed by atoms with van der Waals surface area (Å²) in [6.07, 6.45) is 0. The fraction of sp³-hybridized carbons (Fsp3) is 0.500. The number of hydrogen-bond donors (Lipinski definition) is 1. The summed E-state index contributed by atoms with van der Waals surface area (Å²) in [6, 6.07) is 2.67. The summed E-state index contributed by atoms with van der Waals surface area (Å²) >= 11 is 8.84. The summed E-state index contributed by atoms with van der Waals surface area (Å²) in [4.78, 5) is 27.5. The van der Waals surface area contributed by atoms with Crippen molar-refractivity contribution in [1.82, 2.24) is 9.80 Å². The molecule has 1 aromatic rings. The molecule has 20 heavy (non-hydrogen) atoms. The minimum Gasteiger partial charge on any atom is -0.480 e. The van der Waals surface area contributed by atoms with E-state index in [0.717, 1.165) is 10.6 Å². The van der Waals surface area contributed by atoms with Crippen molar-refractivity contribution in [3.05, 3.63) is 21.3 Å². The molecule has 1 fully saturated rings. The lowest BCUT2D eigenvalue weighted by Crippen LogP contribution is -2.53. The van der Waals surface area contributed by atoms with Gasteiger partial charge in [-0.15, -0.1) is 11.3 Å². The third kappa shape index (κ3) is 3.59. The second-order valence-electron chi connectivity index (χ2n) is 4.47. The lowest BCUT2D eigenvalue weighted by molar-refractivity contribution is -0.141. The van der Waals surface area contributed by atoms with E-state index in [2.05, 4.69) is 0 Å². The van der Waals surface area contributed by atoms with Crippen LogP contribution in [0, 0.1) is 0 Å². The number of nitrogens with zero attached hydrogens (tertiary/aromatic N) is 2. The number of carbonyl (C=O) groups is 2. The molecule has 0 aliphatic carbocycles. The SMILES string of the molecule is CN(Cc1ccc(Cl)s1)C(=O)N1CCSCC1C(=O)O. The minimum atomic E-state index is -0.946. The van der Waals surface area contributed by atoms with Gasteiger partial charge in [0, 0.05) is 30.0 Å². The summed E-state index contributed by atoms with van der Waals surface area (Å²) < 4.78 is 0.679. The molecule has 1 aliphatic heterocycles. The van der Waals surface area contributed by atoms with Crippen LogP contribution in [0.5, 0.6) is 0 Å². The summed E-state index contributed by atoms with van der Waals surface area (Å²) in [5, 5.41) is 9.19. The van der Waals surface area contributed by atoms with Gasteiger partial charge in [-0.1, -0.05) is 11.6 Å². The zero-order valence-electron chi connectivity index (χ0n) is 10.9. The maximum atomic E-state index is 12.4. The van der Waals surface area contributed by atoms with Crippen LogP contribution in [0.25, 0.3) is 0 Å². The summed E-state index contributed by atoms with van der Waals surface area (Å²) in [5.74, 6) is 0.270. The molecule has 1 aromatic heterocycles. The van der Waals surface area contributed by atoms with Gasteiger partial charge in [0.2, 0.25) is 0 Å². The number of carboxylic acid groups (broad SMARTS) is 1. The second-order valence-corrected chi connectivity index (χ2v) is 7.42. The van der Waals surface area contributed by atoms with Crippen LogP contribution in [-0.2, 0) is 11.3 Å². The number of carboxylic acids is 1. The summed E-state index contributed by atoms with van der Waals surface area (Å²) in [5.41, 5.74) is 0. The van der Waals surface area contributed by atoms with Crippen molar-refractivity contribution < 1.29 is 14.7 Å². The van der Waals surface area contributed by atoms with Crippen molar-refractivity contribution in [2.45, 2.75) is 12.6 Å². The Morgan fingerprint density at radius 1 is 1.55 bits per heavy atom. The van der Waals surface area contributed by atoms with Gasteiger partial charge in [-0.25, -0.2) is 9.59 Å². The van der Waals surface area contributed by atoms with Crippen molar-refractivity contribution in [1.29, 1.82) is 0 Å². The number of thiophene rings is 1. The Morgan fingerprint density at radius 2 is 2.30 bits per heavy atom. The van der Waals surface area contributed by atoms with E-state index < -0.39 is 12.0 Å². The summed E-state index contributed by atoms with van der Waals surface area (Å²) in [6.45, 7) is 0.905.